The number of benzene rings is 1. The van der Waals surface area contributed by atoms with Gasteiger partial charge in [0.15, 0.2) is 6.10 Å². The van der Waals surface area contributed by atoms with E-state index in [9.17, 15) is 4.79 Å². The van der Waals surface area contributed by atoms with Gasteiger partial charge in [-0.2, -0.15) is 0 Å². The number of halogens is 1. The average Bonchev–Trinajstić information content (AvgIpc) is 2.30. The van der Waals surface area contributed by atoms with Crippen LogP contribution in [0.5, 0.6) is 5.75 Å². The van der Waals surface area contributed by atoms with E-state index in [-0.39, 0.29) is 11.9 Å². The van der Waals surface area contributed by atoms with E-state index in [4.69, 9.17) is 22.2 Å². The Morgan fingerprint density at radius 3 is 2.29 bits per heavy atom. The molecule has 17 heavy (non-hydrogen) atoms. The number of carbonyl (C=O) groups excluding carboxylic acids is 1. The molecule has 1 unspecified atom stereocenters. The Morgan fingerprint density at radius 2 is 1.82 bits per heavy atom. The lowest BCUT2D eigenvalue weighted by Gasteiger charge is -2.24. The minimum Gasteiger partial charge on any atom is -0.481 e. The van der Waals surface area contributed by atoms with E-state index in [1.54, 1.807) is 31.2 Å². The van der Waals surface area contributed by atoms with Gasteiger partial charge in [-0.3, -0.25) is 9.80 Å². The third kappa shape index (κ3) is 3.91. The maximum absolute atomic E-state index is 11.8. The quantitative estimate of drug-likeness (QED) is 0.511. The molecule has 0 heterocycles. The van der Waals surface area contributed by atoms with Gasteiger partial charge in [0.25, 0.3) is 5.91 Å². The zero-order valence-corrected chi connectivity index (χ0v) is 10.9. The summed E-state index contributed by atoms with van der Waals surface area (Å²) >= 11 is 5.75. The summed E-state index contributed by atoms with van der Waals surface area (Å²) in [7, 11) is 0. The van der Waals surface area contributed by atoms with Crippen molar-refractivity contribution in [3.63, 3.8) is 0 Å². The highest BCUT2D eigenvalue weighted by molar-refractivity contribution is 6.30. The van der Waals surface area contributed by atoms with Crippen molar-refractivity contribution in [2.45, 2.75) is 32.9 Å². The van der Waals surface area contributed by atoms with Crippen LogP contribution in [0.15, 0.2) is 24.3 Å². The molecule has 0 aliphatic carbocycles. The summed E-state index contributed by atoms with van der Waals surface area (Å²) in [4.78, 5) is 11.8. The monoisotopic (exact) mass is 256 g/mol. The molecule has 0 radical (unpaired) electrons. The fourth-order valence-corrected chi connectivity index (χ4v) is 1.36. The molecule has 1 amide bonds. The maximum atomic E-state index is 11.8. The van der Waals surface area contributed by atoms with Gasteiger partial charge < -0.3 is 4.74 Å². The van der Waals surface area contributed by atoms with Crippen molar-refractivity contribution < 1.29 is 9.53 Å². The Hall–Kier alpha value is -1.26. The lowest BCUT2D eigenvalue weighted by Crippen LogP contribution is -2.48. The number of hydrogen-bond donors (Lipinski definition) is 1. The van der Waals surface area contributed by atoms with Crippen LogP contribution >= 0.6 is 11.6 Å². The highest BCUT2D eigenvalue weighted by atomic mass is 35.5. The molecule has 0 fully saturated rings. The van der Waals surface area contributed by atoms with Crippen LogP contribution in [0.3, 0.4) is 0 Å². The Balaban J connectivity index is 2.63. The first kappa shape index (κ1) is 13.8. The summed E-state index contributed by atoms with van der Waals surface area (Å²) in [6, 6.07) is 6.77. The van der Waals surface area contributed by atoms with Crippen molar-refractivity contribution in [2.75, 3.05) is 0 Å². The van der Waals surface area contributed by atoms with Crippen molar-refractivity contribution >= 4 is 17.5 Å². The van der Waals surface area contributed by atoms with Crippen LogP contribution in [-0.4, -0.2) is 23.1 Å². The molecule has 2 N–H and O–H groups in total. The van der Waals surface area contributed by atoms with Crippen LogP contribution in [0.1, 0.15) is 20.8 Å². The van der Waals surface area contributed by atoms with Crippen LogP contribution in [0.25, 0.3) is 0 Å². The molecule has 0 aromatic heterocycles. The van der Waals surface area contributed by atoms with Crippen LogP contribution < -0.4 is 10.6 Å². The fourth-order valence-electron chi connectivity index (χ4n) is 1.23. The summed E-state index contributed by atoms with van der Waals surface area (Å²) < 4.78 is 5.47. The van der Waals surface area contributed by atoms with Gasteiger partial charge in [0.2, 0.25) is 0 Å². The Bertz CT molecular complexity index is 379. The summed E-state index contributed by atoms with van der Waals surface area (Å²) in [5.74, 6) is 5.96. The summed E-state index contributed by atoms with van der Waals surface area (Å²) in [6.07, 6.45) is -0.622. The van der Waals surface area contributed by atoms with Gasteiger partial charge in [-0.05, 0) is 45.0 Å². The Labute approximate surface area is 106 Å². The predicted molar refractivity (Wildman–Crippen MR) is 67.7 cm³/mol. The van der Waals surface area contributed by atoms with Gasteiger partial charge in [-0.25, -0.2) is 5.84 Å². The van der Waals surface area contributed by atoms with Crippen LogP contribution in [-0.2, 0) is 4.79 Å². The lowest BCUT2D eigenvalue weighted by molar-refractivity contribution is -0.140. The van der Waals surface area contributed by atoms with E-state index in [0.29, 0.717) is 10.8 Å². The first-order valence-electron chi connectivity index (χ1n) is 5.42. The molecule has 0 saturated carbocycles. The van der Waals surface area contributed by atoms with Crippen LogP contribution in [0.2, 0.25) is 5.02 Å². The number of hydrazine groups is 1. The Morgan fingerprint density at radius 1 is 1.29 bits per heavy atom. The van der Waals surface area contributed by atoms with E-state index in [0.717, 1.165) is 0 Å². The molecule has 0 bridgehead atoms. The molecule has 1 aromatic carbocycles. The molecular formula is C12H17ClN2O2. The second kappa shape index (κ2) is 5.89. The highest BCUT2D eigenvalue weighted by Gasteiger charge is 2.21. The van der Waals surface area contributed by atoms with Crippen molar-refractivity contribution in [3.8, 4) is 5.75 Å². The normalized spacial score (nSPS) is 12.4. The van der Waals surface area contributed by atoms with E-state index in [1.165, 1.54) is 5.01 Å². The zero-order chi connectivity index (χ0) is 13.0. The SMILES string of the molecule is CC(Oc1ccc(Cl)cc1)C(=O)N(N)C(C)C. The van der Waals surface area contributed by atoms with Crippen molar-refractivity contribution in [1.82, 2.24) is 5.01 Å². The highest BCUT2D eigenvalue weighted by Crippen LogP contribution is 2.17. The number of hydrogen-bond acceptors (Lipinski definition) is 3. The molecule has 4 nitrogen and oxygen atoms in total. The second-order valence-electron chi connectivity index (χ2n) is 4.05. The van der Waals surface area contributed by atoms with Gasteiger partial charge in [-0.1, -0.05) is 11.6 Å². The molecule has 1 rings (SSSR count). The van der Waals surface area contributed by atoms with Gasteiger partial charge >= 0.3 is 0 Å². The standard InChI is InChI=1S/C12H17ClN2O2/c1-8(2)15(14)12(16)9(3)17-11-6-4-10(13)5-7-11/h4-9H,14H2,1-3H3. The van der Waals surface area contributed by atoms with Crippen molar-refractivity contribution in [3.05, 3.63) is 29.3 Å². The lowest BCUT2D eigenvalue weighted by atomic mass is 10.3. The molecule has 1 aromatic rings. The third-order valence-electron chi connectivity index (χ3n) is 2.29. The minimum absolute atomic E-state index is 0.0567. The van der Waals surface area contributed by atoms with E-state index in [1.807, 2.05) is 13.8 Å². The Kier molecular flexibility index (Phi) is 4.78. The molecule has 1 atom stereocenters. The molecule has 0 saturated heterocycles. The fraction of sp³-hybridized carbons (Fsp3) is 0.417. The topological polar surface area (TPSA) is 55.6 Å². The molecule has 0 aliphatic rings. The number of carbonyl (C=O) groups is 1. The first-order chi connectivity index (χ1) is 7.91. The maximum Gasteiger partial charge on any atom is 0.277 e. The summed E-state index contributed by atoms with van der Waals surface area (Å²) in [5.41, 5.74) is 0. The predicted octanol–water partition coefficient (Wildman–Crippen LogP) is 2.22. The smallest absolute Gasteiger partial charge is 0.277 e. The number of rotatable bonds is 4. The minimum atomic E-state index is -0.622. The molecule has 0 spiro atoms. The number of nitrogens with zero attached hydrogens (tertiary/aromatic N) is 1. The van der Waals surface area contributed by atoms with Crippen molar-refractivity contribution in [2.24, 2.45) is 5.84 Å². The number of nitrogens with two attached hydrogens (primary N) is 1. The number of ether oxygens (including phenoxy) is 1. The summed E-state index contributed by atoms with van der Waals surface area (Å²) in [5, 5.41) is 1.79. The summed E-state index contributed by atoms with van der Waals surface area (Å²) in [6.45, 7) is 5.35. The van der Waals surface area contributed by atoms with E-state index in [2.05, 4.69) is 0 Å². The number of amides is 1. The molecular weight excluding hydrogens is 240 g/mol. The van der Waals surface area contributed by atoms with Crippen LogP contribution in [0, 0.1) is 0 Å². The van der Waals surface area contributed by atoms with Crippen LogP contribution in [0.4, 0.5) is 0 Å². The third-order valence-corrected chi connectivity index (χ3v) is 2.54. The molecule has 0 aliphatic heterocycles. The van der Waals surface area contributed by atoms with E-state index < -0.39 is 6.10 Å². The van der Waals surface area contributed by atoms with Crippen molar-refractivity contribution in [1.29, 1.82) is 0 Å². The van der Waals surface area contributed by atoms with Gasteiger partial charge in [0.05, 0.1) is 0 Å². The first-order valence-corrected chi connectivity index (χ1v) is 5.79. The molecule has 94 valence electrons. The van der Waals surface area contributed by atoms with Gasteiger partial charge in [0, 0.05) is 11.1 Å². The zero-order valence-electron chi connectivity index (χ0n) is 10.2. The molecule has 5 heteroatoms. The van der Waals surface area contributed by atoms with E-state index >= 15 is 0 Å². The largest absolute Gasteiger partial charge is 0.481 e. The second-order valence-corrected chi connectivity index (χ2v) is 4.49. The average molecular weight is 257 g/mol. The van der Waals surface area contributed by atoms with Gasteiger partial charge in [-0.15, -0.1) is 0 Å². The van der Waals surface area contributed by atoms with Gasteiger partial charge in [0.1, 0.15) is 5.75 Å².